The average Bonchev–Trinajstić information content (AvgIpc) is 3.13. The Bertz CT molecular complexity index is 1620. The second-order valence-corrected chi connectivity index (χ2v) is 15.5. The molecule has 3 fully saturated rings. The number of benzene rings is 3. The van der Waals surface area contributed by atoms with Crippen LogP contribution >= 0.6 is 0 Å². The quantitative estimate of drug-likeness (QED) is 0.179. The molecule has 1 aliphatic carbocycles. The van der Waals surface area contributed by atoms with Crippen molar-refractivity contribution in [3.8, 4) is 11.1 Å². The van der Waals surface area contributed by atoms with Crippen LogP contribution < -0.4 is 16.0 Å². The van der Waals surface area contributed by atoms with Gasteiger partial charge in [-0.15, -0.1) is 0 Å². The summed E-state index contributed by atoms with van der Waals surface area (Å²) < 4.78 is 13.7. The van der Waals surface area contributed by atoms with Gasteiger partial charge < -0.3 is 30.5 Å². The maximum atomic E-state index is 13.8. The largest absolute Gasteiger partial charge is 0.392 e. The van der Waals surface area contributed by atoms with Crippen LogP contribution in [-0.4, -0.2) is 58.8 Å². The fourth-order valence-electron chi connectivity index (χ4n) is 8.13. The Morgan fingerprint density at radius 2 is 1.59 bits per heavy atom. The van der Waals surface area contributed by atoms with Crippen molar-refractivity contribution in [3.05, 3.63) is 95.1 Å². The van der Waals surface area contributed by atoms with Gasteiger partial charge in [0.05, 0.1) is 24.9 Å². The number of carbonyl (C=O) groups is 2. The van der Waals surface area contributed by atoms with Gasteiger partial charge in [-0.1, -0.05) is 73.5 Å². The molecule has 6 unspecified atom stereocenters. The van der Waals surface area contributed by atoms with Gasteiger partial charge in [0.25, 0.3) is 0 Å². The lowest BCUT2D eigenvalue weighted by Gasteiger charge is -2.50. The first kappa shape index (κ1) is 37.0. The molecule has 274 valence electrons. The molecule has 3 aromatic carbocycles. The van der Waals surface area contributed by atoms with Gasteiger partial charge in [0.1, 0.15) is 0 Å². The van der Waals surface area contributed by atoms with Crippen molar-refractivity contribution in [2.45, 2.75) is 122 Å². The maximum Gasteiger partial charge on any atom is 0.315 e. The predicted molar refractivity (Wildman–Crippen MR) is 200 cm³/mol. The molecule has 2 aliphatic heterocycles. The zero-order chi connectivity index (χ0) is 36.0. The SMILES string of the molecule is CCNC(=O)NCc1cccc(-c2cccc(C3OC(CN4C(C(=O)NC(C)(C)C)CCC5CCCCC54)CC(c4ccc(CO)cc4)O3)c2)c1. The van der Waals surface area contributed by atoms with E-state index in [1.165, 1.54) is 19.3 Å². The number of rotatable bonds is 10. The molecule has 0 radical (unpaired) electrons. The van der Waals surface area contributed by atoms with E-state index in [4.69, 9.17) is 9.47 Å². The fourth-order valence-corrected chi connectivity index (χ4v) is 8.13. The topological polar surface area (TPSA) is 112 Å². The first-order valence-corrected chi connectivity index (χ1v) is 18.9. The van der Waals surface area contributed by atoms with E-state index in [0.29, 0.717) is 38.0 Å². The molecular formula is C42H56N4O5. The highest BCUT2D eigenvalue weighted by molar-refractivity contribution is 5.82. The van der Waals surface area contributed by atoms with Crippen molar-refractivity contribution in [1.82, 2.24) is 20.9 Å². The molecule has 3 aliphatic rings. The van der Waals surface area contributed by atoms with Gasteiger partial charge in [0.15, 0.2) is 6.29 Å². The number of carbonyl (C=O) groups excluding carboxylic acids is 2. The van der Waals surface area contributed by atoms with Crippen molar-refractivity contribution in [3.63, 3.8) is 0 Å². The second-order valence-electron chi connectivity index (χ2n) is 15.5. The molecule has 2 saturated heterocycles. The molecule has 6 atom stereocenters. The summed E-state index contributed by atoms with van der Waals surface area (Å²) >= 11 is 0. The number of aliphatic hydroxyl groups is 1. The number of fused-ring (bicyclic) bond motifs is 1. The number of aliphatic hydroxyl groups excluding tert-OH is 1. The van der Waals surface area contributed by atoms with Crippen molar-refractivity contribution >= 4 is 11.9 Å². The predicted octanol–water partition coefficient (Wildman–Crippen LogP) is 7.15. The van der Waals surface area contributed by atoms with Gasteiger partial charge in [-0.05, 0) is 99.2 Å². The first-order valence-electron chi connectivity index (χ1n) is 18.9. The molecule has 1 saturated carbocycles. The molecule has 0 bridgehead atoms. The number of urea groups is 1. The first-order chi connectivity index (χ1) is 24.6. The molecule has 0 spiro atoms. The van der Waals surface area contributed by atoms with Gasteiger partial charge in [-0.25, -0.2) is 4.79 Å². The molecule has 2 heterocycles. The Labute approximate surface area is 303 Å². The van der Waals surface area contributed by atoms with Gasteiger partial charge in [-0.3, -0.25) is 9.69 Å². The van der Waals surface area contributed by atoms with Crippen molar-refractivity contribution in [2.75, 3.05) is 13.1 Å². The van der Waals surface area contributed by atoms with Crippen LogP contribution in [0.1, 0.15) is 107 Å². The van der Waals surface area contributed by atoms with E-state index in [0.717, 1.165) is 52.6 Å². The number of piperidine rings is 1. The minimum absolute atomic E-state index is 0.00824. The number of hydrogen-bond acceptors (Lipinski definition) is 6. The van der Waals surface area contributed by atoms with Crippen LogP contribution in [0.15, 0.2) is 72.8 Å². The highest BCUT2D eigenvalue weighted by Gasteiger charge is 2.44. The molecule has 9 heteroatoms. The minimum Gasteiger partial charge on any atom is -0.392 e. The maximum absolute atomic E-state index is 13.8. The van der Waals surface area contributed by atoms with E-state index in [9.17, 15) is 14.7 Å². The van der Waals surface area contributed by atoms with Gasteiger partial charge in [0, 0.05) is 43.2 Å². The molecule has 9 nitrogen and oxygen atoms in total. The second kappa shape index (κ2) is 16.7. The smallest absolute Gasteiger partial charge is 0.315 e. The average molecular weight is 697 g/mol. The normalized spacial score (nSPS) is 25.4. The number of ether oxygens (including phenoxy) is 2. The molecular weight excluding hydrogens is 640 g/mol. The summed E-state index contributed by atoms with van der Waals surface area (Å²) in [6, 6.07) is 24.5. The molecule has 3 aromatic rings. The van der Waals surface area contributed by atoms with E-state index in [-0.39, 0.29) is 42.3 Å². The summed E-state index contributed by atoms with van der Waals surface area (Å²) in [6.07, 6.45) is 6.42. The monoisotopic (exact) mass is 696 g/mol. The molecule has 0 aromatic heterocycles. The van der Waals surface area contributed by atoms with Crippen LogP contribution in [0.3, 0.4) is 0 Å². The summed E-state index contributed by atoms with van der Waals surface area (Å²) in [7, 11) is 0. The molecule has 51 heavy (non-hydrogen) atoms. The summed E-state index contributed by atoms with van der Waals surface area (Å²) in [5.74, 6) is 0.723. The molecule has 3 amide bonds. The standard InChI is InChI=1S/C42H56N4O5/c1-5-43-41(49)44-25-29-10-8-12-32(22-29)33-13-9-14-34(23-33)40-50-35(24-38(51-40)31-18-16-28(27-47)17-19-31)26-46-36-15-7-6-11-30(36)20-21-37(46)39(48)45-42(2,3)4/h8-10,12-14,16-19,22-23,30,35-38,40,47H,5-7,11,15,20-21,24-27H2,1-4H3,(H,45,48)(H2,43,44,49). The molecule has 4 N–H and O–H groups in total. The van der Waals surface area contributed by atoms with E-state index in [1.807, 2.05) is 70.2 Å². The van der Waals surface area contributed by atoms with E-state index in [1.54, 1.807) is 0 Å². The zero-order valence-corrected chi connectivity index (χ0v) is 30.7. The van der Waals surface area contributed by atoms with Gasteiger partial charge in [0.2, 0.25) is 5.91 Å². The van der Waals surface area contributed by atoms with Crippen LogP contribution in [0, 0.1) is 5.92 Å². The van der Waals surface area contributed by atoms with E-state index < -0.39 is 6.29 Å². The van der Waals surface area contributed by atoms with E-state index >= 15 is 0 Å². The highest BCUT2D eigenvalue weighted by Crippen LogP contribution is 2.42. The summed E-state index contributed by atoms with van der Waals surface area (Å²) in [5.41, 5.74) is 5.61. The summed E-state index contributed by atoms with van der Waals surface area (Å²) in [6.45, 7) is 9.70. The molecule has 6 rings (SSSR count). The zero-order valence-electron chi connectivity index (χ0n) is 30.7. The Morgan fingerprint density at radius 3 is 2.33 bits per heavy atom. The summed E-state index contributed by atoms with van der Waals surface area (Å²) in [4.78, 5) is 28.3. The van der Waals surface area contributed by atoms with Crippen LogP contribution in [-0.2, 0) is 27.4 Å². The third kappa shape index (κ3) is 9.57. The lowest BCUT2D eigenvalue weighted by atomic mass is 9.75. The number of nitrogens with one attached hydrogen (secondary N) is 3. The highest BCUT2D eigenvalue weighted by atomic mass is 16.7. The number of nitrogens with zero attached hydrogens (tertiary/aromatic N) is 1. The Kier molecular flexibility index (Phi) is 12.1. The fraction of sp³-hybridized carbons (Fsp3) is 0.524. The number of likely N-dealkylation sites (tertiary alicyclic amines) is 1. The lowest BCUT2D eigenvalue weighted by molar-refractivity contribution is -0.255. The minimum atomic E-state index is -0.609. The lowest BCUT2D eigenvalue weighted by Crippen LogP contribution is -2.61. The Morgan fingerprint density at radius 1 is 0.843 bits per heavy atom. The van der Waals surface area contributed by atoms with Gasteiger partial charge in [-0.2, -0.15) is 0 Å². The third-order valence-electron chi connectivity index (χ3n) is 10.5. The summed E-state index contributed by atoms with van der Waals surface area (Å²) in [5, 5.41) is 18.7. The van der Waals surface area contributed by atoms with E-state index in [2.05, 4.69) is 51.2 Å². The third-order valence-corrected chi connectivity index (χ3v) is 10.5. The van der Waals surface area contributed by atoms with Crippen molar-refractivity contribution in [1.29, 1.82) is 0 Å². The van der Waals surface area contributed by atoms with Crippen molar-refractivity contribution < 1.29 is 24.2 Å². The van der Waals surface area contributed by atoms with Crippen LogP contribution in [0.5, 0.6) is 0 Å². The number of hydrogen-bond donors (Lipinski definition) is 4. The van der Waals surface area contributed by atoms with Crippen LogP contribution in [0.2, 0.25) is 0 Å². The van der Waals surface area contributed by atoms with Crippen molar-refractivity contribution in [2.24, 2.45) is 5.92 Å². The Balaban J connectivity index is 1.27. The Hall–Kier alpha value is -3.76. The number of amides is 3. The van der Waals surface area contributed by atoms with Crippen LogP contribution in [0.25, 0.3) is 11.1 Å². The van der Waals surface area contributed by atoms with Crippen LogP contribution in [0.4, 0.5) is 4.79 Å². The van der Waals surface area contributed by atoms with Gasteiger partial charge >= 0.3 is 6.03 Å².